The number of aryl methyl sites for hydroxylation is 1. The third-order valence-corrected chi connectivity index (χ3v) is 3.79. The molecule has 1 heterocycles. The van der Waals surface area contributed by atoms with Crippen molar-refractivity contribution < 1.29 is 14.6 Å². The first-order chi connectivity index (χ1) is 10.7. The van der Waals surface area contributed by atoms with Gasteiger partial charge in [-0.2, -0.15) is 0 Å². The van der Waals surface area contributed by atoms with Crippen LogP contribution < -0.4 is 9.47 Å². The topological polar surface area (TPSA) is 56.5 Å². The molecule has 0 spiro atoms. The van der Waals surface area contributed by atoms with E-state index in [9.17, 15) is 5.11 Å². The summed E-state index contributed by atoms with van der Waals surface area (Å²) in [6.45, 7) is 0. The van der Waals surface area contributed by atoms with Crippen LogP contribution in [-0.4, -0.2) is 28.9 Å². The van der Waals surface area contributed by atoms with Gasteiger partial charge in [-0.25, -0.2) is 4.98 Å². The molecule has 0 aliphatic heterocycles. The van der Waals surface area contributed by atoms with Crippen LogP contribution >= 0.6 is 0 Å². The van der Waals surface area contributed by atoms with Gasteiger partial charge in [0, 0.05) is 12.6 Å². The Labute approximate surface area is 128 Å². The van der Waals surface area contributed by atoms with Crippen LogP contribution in [-0.2, 0) is 7.05 Å². The van der Waals surface area contributed by atoms with Gasteiger partial charge in [0.25, 0.3) is 0 Å². The minimum Gasteiger partial charge on any atom is -0.493 e. The van der Waals surface area contributed by atoms with Crippen LogP contribution in [0.2, 0.25) is 0 Å². The predicted octanol–water partition coefficient (Wildman–Crippen LogP) is 2.67. The summed E-state index contributed by atoms with van der Waals surface area (Å²) in [5.74, 6) is 1.66. The van der Waals surface area contributed by atoms with E-state index in [2.05, 4.69) is 4.98 Å². The molecule has 0 saturated heterocycles. The number of ether oxygens (including phenoxy) is 2. The predicted molar refractivity (Wildman–Crippen MR) is 84.3 cm³/mol. The molecule has 0 amide bonds. The van der Waals surface area contributed by atoms with Gasteiger partial charge >= 0.3 is 0 Å². The monoisotopic (exact) mass is 298 g/mol. The highest BCUT2D eigenvalue weighted by atomic mass is 16.5. The Kier molecular flexibility index (Phi) is 3.73. The first kappa shape index (κ1) is 14.4. The molecule has 114 valence electrons. The number of imidazole rings is 1. The third-order valence-electron chi connectivity index (χ3n) is 3.79. The summed E-state index contributed by atoms with van der Waals surface area (Å²) in [6, 6.07) is 13.2. The van der Waals surface area contributed by atoms with Crippen molar-refractivity contribution in [1.82, 2.24) is 9.55 Å². The van der Waals surface area contributed by atoms with Crippen molar-refractivity contribution >= 4 is 11.0 Å². The summed E-state index contributed by atoms with van der Waals surface area (Å²) >= 11 is 0. The largest absolute Gasteiger partial charge is 0.493 e. The molecule has 1 aromatic heterocycles. The van der Waals surface area contributed by atoms with E-state index in [1.54, 1.807) is 20.3 Å². The van der Waals surface area contributed by atoms with Crippen LogP contribution in [0.25, 0.3) is 11.0 Å². The van der Waals surface area contributed by atoms with Gasteiger partial charge in [0.15, 0.2) is 11.5 Å². The number of aliphatic hydroxyl groups excluding tert-OH is 1. The number of methoxy groups -OCH3 is 2. The lowest BCUT2D eigenvalue weighted by molar-refractivity contribution is 0.200. The molecule has 5 heteroatoms. The first-order valence-corrected chi connectivity index (χ1v) is 6.97. The van der Waals surface area contributed by atoms with Gasteiger partial charge in [-0.15, -0.1) is 0 Å². The summed E-state index contributed by atoms with van der Waals surface area (Å²) in [5, 5.41) is 10.8. The highest BCUT2D eigenvalue weighted by Crippen LogP contribution is 2.37. The highest BCUT2D eigenvalue weighted by molar-refractivity contribution is 5.76. The lowest BCUT2D eigenvalue weighted by Crippen LogP contribution is -2.09. The average Bonchev–Trinajstić information content (AvgIpc) is 2.90. The number of para-hydroxylation sites is 3. The third kappa shape index (κ3) is 2.19. The zero-order valence-electron chi connectivity index (χ0n) is 12.8. The number of hydrogen-bond donors (Lipinski definition) is 1. The number of rotatable bonds is 4. The molecule has 1 N–H and O–H groups in total. The second kappa shape index (κ2) is 5.69. The van der Waals surface area contributed by atoms with E-state index in [-0.39, 0.29) is 0 Å². The van der Waals surface area contributed by atoms with E-state index in [0.29, 0.717) is 22.9 Å². The van der Waals surface area contributed by atoms with Crippen molar-refractivity contribution in [2.75, 3.05) is 14.2 Å². The molecule has 0 aliphatic rings. The lowest BCUT2D eigenvalue weighted by Gasteiger charge is -2.17. The van der Waals surface area contributed by atoms with Gasteiger partial charge in [0.05, 0.1) is 25.3 Å². The number of nitrogens with zero attached hydrogens (tertiary/aromatic N) is 2. The molecule has 0 radical (unpaired) electrons. The van der Waals surface area contributed by atoms with Gasteiger partial charge in [-0.05, 0) is 18.2 Å². The van der Waals surface area contributed by atoms with Gasteiger partial charge in [0.1, 0.15) is 11.9 Å². The number of aromatic nitrogens is 2. The summed E-state index contributed by atoms with van der Waals surface area (Å²) < 4.78 is 12.6. The molecular formula is C17H18N2O3. The Morgan fingerprint density at radius 2 is 1.82 bits per heavy atom. The van der Waals surface area contributed by atoms with E-state index >= 15 is 0 Å². The Bertz CT molecular complexity index is 811. The molecule has 2 aromatic carbocycles. The summed E-state index contributed by atoms with van der Waals surface area (Å²) in [7, 11) is 5.02. The molecule has 0 saturated carbocycles. The zero-order chi connectivity index (χ0) is 15.7. The van der Waals surface area contributed by atoms with Crippen molar-refractivity contribution in [2.24, 2.45) is 7.05 Å². The normalized spacial score (nSPS) is 12.4. The first-order valence-electron chi connectivity index (χ1n) is 6.97. The number of aliphatic hydroxyl groups is 1. The Morgan fingerprint density at radius 3 is 2.50 bits per heavy atom. The Morgan fingerprint density at radius 1 is 1.05 bits per heavy atom. The minimum atomic E-state index is -0.901. The van der Waals surface area contributed by atoms with Crippen molar-refractivity contribution in [2.45, 2.75) is 6.10 Å². The molecule has 1 atom stereocenters. The van der Waals surface area contributed by atoms with Crippen LogP contribution in [0.4, 0.5) is 0 Å². The van der Waals surface area contributed by atoms with Crippen LogP contribution in [0.3, 0.4) is 0 Å². The van der Waals surface area contributed by atoms with Gasteiger partial charge in [0.2, 0.25) is 0 Å². The summed E-state index contributed by atoms with van der Waals surface area (Å²) in [6.07, 6.45) is -0.901. The van der Waals surface area contributed by atoms with Crippen molar-refractivity contribution in [3.8, 4) is 11.5 Å². The van der Waals surface area contributed by atoms with Crippen LogP contribution in [0.15, 0.2) is 42.5 Å². The second-order valence-corrected chi connectivity index (χ2v) is 5.00. The van der Waals surface area contributed by atoms with E-state index in [1.165, 1.54) is 0 Å². The van der Waals surface area contributed by atoms with E-state index < -0.39 is 6.10 Å². The fourth-order valence-electron chi connectivity index (χ4n) is 2.68. The summed E-state index contributed by atoms with van der Waals surface area (Å²) in [4.78, 5) is 4.54. The molecular weight excluding hydrogens is 280 g/mol. The van der Waals surface area contributed by atoms with Gasteiger partial charge in [-0.1, -0.05) is 24.3 Å². The fourth-order valence-corrected chi connectivity index (χ4v) is 2.68. The quantitative estimate of drug-likeness (QED) is 0.804. The maximum atomic E-state index is 10.8. The number of fused-ring (bicyclic) bond motifs is 1. The van der Waals surface area contributed by atoms with Gasteiger partial charge in [-0.3, -0.25) is 0 Å². The average molecular weight is 298 g/mol. The molecule has 5 nitrogen and oxygen atoms in total. The maximum Gasteiger partial charge on any atom is 0.166 e. The second-order valence-electron chi connectivity index (χ2n) is 5.00. The minimum absolute atomic E-state index is 0.518. The fraction of sp³-hybridized carbons (Fsp3) is 0.235. The maximum absolute atomic E-state index is 10.8. The summed E-state index contributed by atoms with van der Waals surface area (Å²) in [5.41, 5.74) is 2.44. The zero-order valence-corrected chi connectivity index (χ0v) is 12.8. The standard InChI is InChI=1S/C17H18N2O3/c1-19-13-9-5-4-8-12(13)18-17(19)15(20)11-7-6-10-14(21-2)16(11)22-3/h4-10,15,20H,1-3H3/t15-/m1/s1. The Balaban J connectivity index is 2.14. The molecule has 22 heavy (non-hydrogen) atoms. The SMILES string of the molecule is COc1cccc([C@@H](O)c2nc3ccccc3n2C)c1OC. The van der Waals surface area contributed by atoms with Crippen LogP contribution in [0.1, 0.15) is 17.5 Å². The van der Waals surface area contributed by atoms with Gasteiger partial charge < -0.3 is 19.1 Å². The van der Waals surface area contributed by atoms with E-state index in [1.807, 2.05) is 48.0 Å². The van der Waals surface area contributed by atoms with Crippen molar-refractivity contribution in [3.63, 3.8) is 0 Å². The smallest absolute Gasteiger partial charge is 0.166 e. The van der Waals surface area contributed by atoms with E-state index in [0.717, 1.165) is 11.0 Å². The van der Waals surface area contributed by atoms with Crippen molar-refractivity contribution in [3.05, 3.63) is 53.9 Å². The Hall–Kier alpha value is -2.53. The molecule has 3 rings (SSSR count). The molecule has 0 bridgehead atoms. The van der Waals surface area contributed by atoms with Crippen LogP contribution in [0, 0.1) is 0 Å². The molecule has 0 fully saturated rings. The molecule has 0 aliphatic carbocycles. The lowest BCUT2D eigenvalue weighted by atomic mass is 10.1. The molecule has 0 unspecified atom stereocenters. The highest BCUT2D eigenvalue weighted by Gasteiger charge is 2.23. The van der Waals surface area contributed by atoms with E-state index in [4.69, 9.17) is 9.47 Å². The number of benzene rings is 2. The van der Waals surface area contributed by atoms with Crippen molar-refractivity contribution in [1.29, 1.82) is 0 Å². The molecule has 3 aromatic rings. The van der Waals surface area contributed by atoms with Crippen LogP contribution in [0.5, 0.6) is 11.5 Å². The number of hydrogen-bond acceptors (Lipinski definition) is 4.